The fourth-order valence-electron chi connectivity index (χ4n) is 4.70. The molecule has 0 bridgehead atoms. The Balaban J connectivity index is 1.50. The first kappa shape index (κ1) is 25.2. The molecule has 3 amide bonds. The summed E-state index contributed by atoms with van der Waals surface area (Å²) in [5.41, 5.74) is 1.48. The van der Waals surface area contributed by atoms with Crippen molar-refractivity contribution >= 4 is 34.3 Å². The van der Waals surface area contributed by atoms with Crippen LogP contribution in [0.15, 0.2) is 30.3 Å². The predicted octanol–water partition coefficient (Wildman–Crippen LogP) is 1.23. The molecule has 4 N–H and O–H groups in total. The number of likely N-dealkylation sites (tertiary alicyclic amines) is 1. The Morgan fingerprint density at radius 1 is 1.14 bits per heavy atom. The third kappa shape index (κ3) is 5.85. The summed E-state index contributed by atoms with van der Waals surface area (Å²) >= 11 is 1.12. The molecule has 11 heteroatoms. The van der Waals surface area contributed by atoms with Gasteiger partial charge in [-0.3, -0.25) is 14.4 Å². The number of piperidine rings is 1. The van der Waals surface area contributed by atoms with Gasteiger partial charge in [-0.2, -0.15) is 0 Å². The van der Waals surface area contributed by atoms with E-state index < -0.39 is 18.1 Å². The average Bonchev–Trinajstić information content (AvgIpc) is 3.57. The Hall–Kier alpha value is -2.89. The quantitative estimate of drug-likeness (QED) is 0.430. The zero-order valence-electron chi connectivity index (χ0n) is 20.1. The van der Waals surface area contributed by atoms with Gasteiger partial charge in [0.1, 0.15) is 22.8 Å². The van der Waals surface area contributed by atoms with Crippen LogP contribution in [0.25, 0.3) is 11.3 Å². The molecule has 4 rings (SSSR count). The van der Waals surface area contributed by atoms with E-state index in [1.54, 1.807) is 18.9 Å². The molecule has 2 fully saturated rings. The van der Waals surface area contributed by atoms with Gasteiger partial charge in [0.25, 0.3) is 0 Å². The van der Waals surface area contributed by atoms with Crippen LogP contribution < -0.4 is 21.3 Å². The van der Waals surface area contributed by atoms with Crippen molar-refractivity contribution in [3.8, 4) is 11.3 Å². The number of nitrogens with zero attached hydrogens (tertiary/aromatic N) is 3. The van der Waals surface area contributed by atoms with E-state index >= 15 is 0 Å². The van der Waals surface area contributed by atoms with Gasteiger partial charge in [-0.15, -0.1) is 5.10 Å². The van der Waals surface area contributed by atoms with Gasteiger partial charge in [-0.1, -0.05) is 34.8 Å². The van der Waals surface area contributed by atoms with Crippen molar-refractivity contribution in [2.75, 3.05) is 32.0 Å². The number of benzene rings is 1. The number of hydrogen-bond donors (Lipinski definition) is 4. The molecule has 2 saturated heterocycles. The van der Waals surface area contributed by atoms with Gasteiger partial charge in [0.05, 0.1) is 6.04 Å². The number of carbonyl (C=O) groups excluding carboxylic acids is 3. The predicted molar refractivity (Wildman–Crippen MR) is 135 cm³/mol. The van der Waals surface area contributed by atoms with Crippen LogP contribution in [0.2, 0.25) is 0 Å². The molecule has 1 aromatic heterocycles. The summed E-state index contributed by atoms with van der Waals surface area (Å²) in [6.45, 7) is 3.86. The van der Waals surface area contributed by atoms with Crippen LogP contribution in [0, 0.1) is 5.92 Å². The Morgan fingerprint density at radius 3 is 2.60 bits per heavy atom. The third-order valence-corrected chi connectivity index (χ3v) is 7.50. The maximum atomic E-state index is 13.8. The van der Waals surface area contributed by atoms with E-state index in [0.717, 1.165) is 49.4 Å². The van der Waals surface area contributed by atoms with Crippen molar-refractivity contribution in [2.45, 2.75) is 50.7 Å². The lowest BCUT2D eigenvalue weighted by atomic mass is 9.89. The second-order valence-electron chi connectivity index (χ2n) is 9.08. The first-order chi connectivity index (χ1) is 17.0. The number of aromatic nitrogens is 2. The van der Waals surface area contributed by atoms with Crippen molar-refractivity contribution in [1.82, 2.24) is 30.4 Å². The normalized spacial score (nSPS) is 20.3. The fourth-order valence-corrected chi connectivity index (χ4v) is 5.30. The lowest BCUT2D eigenvalue weighted by molar-refractivity contribution is -0.142. The van der Waals surface area contributed by atoms with E-state index in [1.165, 1.54) is 0 Å². The molecule has 2 aliphatic heterocycles. The van der Waals surface area contributed by atoms with Crippen LogP contribution in [-0.2, 0) is 14.4 Å². The summed E-state index contributed by atoms with van der Waals surface area (Å²) in [6, 6.07) is 7.88. The first-order valence-corrected chi connectivity index (χ1v) is 12.9. The highest BCUT2D eigenvalue weighted by Gasteiger charge is 2.41. The summed E-state index contributed by atoms with van der Waals surface area (Å²) in [7, 11) is 1.71. The lowest BCUT2D eigenvalue weighted by Crippen LogP contribution is -2.58. The molecule has 10 nitrogen and oxygen atoms in total. The maximum Gasteiger partial charge on any atom is 0.247 e. The number of hydrogen-bond acceptors (Lipinski definition) is 8. The Kier molecular flexibility index (Phi) is 8.42. The molecule has 2 aromatic rings. The lowest BCUT2D eigenvalue weighted by Gasteiger charge is -2.35. The van der Waals surface area contributed by atoms with E-state index in [1.807, 2.05) is 30.3 Å². The van der Waals surface area contributed by atoms with E-state index in [-0.39, 0.29) is 23.6 Å². The molecule has 1 aromatic carbocycles. The number of rotatable bonds is 8. The smallest absolute Gasteiger partial charge is 0.247 e. The van der Waals surface area contributed by atoms with Gasteiger partial charge in [-0.05, 0) is 58.7 Å². The van der Waals surface area contributed by atoms with Gasteiger partial charge in [-0.25, -0.2) is 0 Å². The summed E-state index contributed by atoms with van der Waals surface area (Å²) in [5.74, 6) is -0.626. The summed E-state index contributed by atoms with van der Waals surface area (Å²) in [6.07, 6.45) is 2.89. The van der Waals surface area contributed by atoms with Gasteiger partial charge >= 0.3 is 0 Å². The second kappa shape index (κ2) is 11.7. The van der Waals surface area contributed by atoms with Crippen molar-refractivity contribution in [2.24, 2.45) is 5.92 Å². The van der Waals surface area contributed by atoms with Crippen molar-refractivity contribution in [1.29, 1.82) is 0 Å². The van der Waals surface area contributed by atoms with Crippen LogP contribution >= 0.6 is 11.5 Å². The average molecular weight is 500 g/mol. The Morgan fingerprint density at radius 2 is 1.89 bits per heavy atom. The van der Waals surface area contributed by atoms with Crippen LogP contribution in [-0.4, -0.2) is 77.0 Å². The summed E-state index contributed by atoms with van der Waals surface area (Å²) in [4.78, 5) is 41.4. The highest BCUT2D eigenvalue weighted by molar-refractivity contribution is 7.10. The third-order valence-electron chi connectivity index (χ3n) is 6.86. The van der Waals surface area contributed by atoms with Crippen LogP contribution in [0.4, 0.5) is 5.00 Å². The Labute approximate surface area is 209 Å². The first-order valence-electron chi connectivity index (χ1n) is 12.2. The molecule has 0 saturated carbocycles. The van der Waals surface area contributed by atoms with E-state index in [0.29, 0.717) is 23.7 Å². The zero-order chi connectivity index (χ0) is 24.8. The van der Waals surface area contributed by atoms with Crippen LogP contribution in [0.3, 0.4) is 0 Å². The molecule has 3 atom stereocenters. The van der Waals surface area contributed by atoms with Gasteiger partial charge in [0, 0.05) is 23.6 Å². The number of anilines is 1. The summed E-state index contributed by atoms with van der Waals surface area (Å²) < 4.78 is 4.02. The molecule has 3 heterocycles. The van der Waals surface area contributed by atoms with Crippen LogP contribution in [0.1, 0.15) is 32.6 Å². The van der Waals surface area contributed by atoms with E-state index in [9.17, 15) is 14.4 Å². The molecule has 2 aliphatic rings. The molecule has 1 unspecified atom stereocenters. The molecular weight excluding hydrogens is 466 g/mol. The monoisotopic (exact) mass is 499 g/mol. The molecule has 0 spiro atoms. The topological polar surface area (TPSA) is 128 Å². The number of likely N-dealkylation sites (N-methyl/N-ethyl adjacent to an activating group) is 1. The van der Waals surface area contributed by atoms with Crippen molar-refractivity contribution in [3.05, 3.63) is 30.3 Å². The highest BCUT2D eigenvalue weighted by atomic mass is 32.1. The largest absolute Gasteiger partial charge is 0.343 e. The summed E-state index contributed by atoms with van der Waals surface area (Å²) in [5, 5.41) is 16.9. The minimum Gasteiger partial charge on any atom is -0.343 e. The SMILES string of the molecule is CN[C@@H](C)C(=O)N[C@H](C(=O)N1CCCC1C(=O)Nc1snnc1-c1ccccc1)C1CCNCC1. The highest BCUT2D eigenvalue weighted by Crippen LogP contribution is 2.30. The van der Waals surface area contributed by atoms with Gasteiger partial charge in [0.2, 0.25) is 17.7 Å². The number of nitrogens with one attached hydrogen (secondary N) is 4. The minimum absolute atomic E-state index is 0.0245. The molecule has 0 aliphatic carbocycles. The number of carbonyl (C=O) groups is 3. The maximum absolute atomic E-state index is 13.8. The molecule has 188 valence electrons. The van der Waals surface area contributed by atoms with E-state index in [4.69, 9.17) is 0 Å². The molecule has 35 heavy (non-hydrogen) atoms. The van der Waals surface area contributed by atoms with Crippen molar-refractivity contribution in [3.63, 3.8) is 0 Å². The minimum atomic E-state index is -0.654. The second-order valence-corrected chi connectivity index (χ2v) is 9.83. The van der Waals surface area contributed by atoms with E-state index in [2.05, 4.69) is 30.9 Å². The zero-order valence-corrected chi connectivity index (χ0v) is 20.9. The number of amides is 3. The molecular formula is C24H33N7O3S. The Bertz CT molecular complexity index is 1030. The van der Waals surface area contributed by atoms with Crippen molar-refractivity contribution < 1.29 is 14.4 Å². The van der Waals surface area contributed by atoms with Gasteiger partial charge in [0.15, 0.2) is 0 Å². The van der Waals surface area contributed by atoms with Crippen LogP contribution in [0.5, 0.6) is 0 Å². The fraction of sp³-hybridized carbons (Fsp3) is 0.542. The standard InChI is InChI=1S/C24H33N7O3S/c1-15(25-2)21(32)27-20(17-10-12-26-13-11-17)24(34)31-14-6-9-18(31)22(33)28-23-19(29-30-35-23)16-7-4-3-5-8-16/h3-5,7-8,15,17-18,20,25-26H,6,9-14H2,1-2H3,(H,27,32)(H,28,33)/t15-,18?,20-/m0/s1. The van der Waals surface area contributed by atoms with Gasteiger partial charge < -0.3 is 26.2 Å². The molecule has 0 radical (unpaired) electrons.